The van der Waals surface area contributed by atoms with Crippen LogP contribution in [0.3, 0.4) is 0 Å². The Morgan fingerprint density at radius 3 is 2.52 bits per heavy atom. The van der Waals surface area contributed by atoms with E-state index in [0.717, 1.165) is 0 Å². The van der Waals surface area contributed by atoms with Gasteiger partial charge in [-0.15, -0.1) is 0 Å². The first-order valence-electron chi connectivity index (χ1n) is 7.57. The van der Waals surface area contributed by atoms with Crippen LogP contribution in [0.5, 0.6) is 0 Å². The fourth-order valence-electron chi connectivity index (χ4n) is 2.32. The molecule has 128 valence electrons. The molecule has 2 N–H and O–H groups in total. The zero-order valence-electron chi connectivity index (χ0n) is 13.1. The lowest BCUT2D eigenvalue weighted by Gasteiger charge is -2.14. The molecule has 1 unspecified atom stereocenters. The maximum atomic E-state index is 12.9. The maximum Gasteiger partial charge on any atom is 0.292 e. The molecule has 0 spiro atoms. The summed E-state index contributed by atoms with van der Waals surface area (Å²) in [7, 11) is 0. The Labute approximate surface area is 148 Å². The second-order valence-electron chi connectivity index (χ2n) is 5.37. The van der Waals surface area contributed by atoms with Crippen LogP contribution < -0.4 is 10.9 Å². The summed E-state index contributed by atoms with van der Waals surface area (Å²) >= 11 is 6.13. The van der Waals surface area contributed by atoms with Gasteiger partial charge in [-0.25, -0.2) is 4.39 Å². The van der Waals surface area contributed by atoms with E-state index in [0.29, 0.717) is 16.9 Å². The predicted octanol–water partition coefficient (Wildman–Crippen LogP) is 3.17. The number of hydrogen-bond donors (Lipinski definition) is 2. The zero-order chi connectivity index (χ0) is 17.8. The maximum absolute atomic E-state index is 12.9. The van der Waals surface area contributed by atoms with E-state index in [4.69, 9.17) is 11.6 Å². The van der Waals surface area contributed by atoms with Gasteiger partial charge in [0.1, 0.15) is 10.8 Å². The van der Waals surface area contributed by atoms with E-state index in [1.807, 2.05) is 6.07 Å². The van der Waals surface area contributed by atoms with E-state index in [1.165, 1.54) is 35.1 Å². The minimum absolute atomic E-state index is 0.0230. The van der Waals surface area contributed by atoms with E-state index in [2.05, 4.69) is 10.4 Å². The summed E-state index contributed by atoms with van der Waals surface area (Å²) in [5.41, 5.74) is 1.01. The average Bonchev–Trinajstić information content (AvgIpc) is 2.64. The molecule has 0 radical (unpaired) electrons. The zero-order valence-corrected chi connectivity index (χ0v) is 13.8. The monoisotopic (exact) mass is 359 g/mol. The van der Waals surface area contributed by atoms with Crippen molar-refractivity contribution >= 4 is 17.3 Å². The summed E-state index contributed by atoms with van der Waals surface area (Å²) in [6.07, 6.45) is 0.543. The third-order valence-corrected chi connectivity index (χ3v) is 4.03. The van der Waals surface area contributed by atoms with Crippen LogP contribution in [0.4, 0.5) is 10.1 Å². The van der Waals surface area contributed by atoms with Crippen LogP contribution in [0.1, 0.15) is 11.7 Å². The number of aromatic nitrogens is 2. The standard InChI is InChI=1S/C18H15ClFN3O2/c19-17-15(21-11-16(24)12-6-8-13(20)9-7-12)10-22-23(18(17)25)14-4-2-1-3-5-14/h1-10,16,21,24H,11H2. The summed E-state index contributed by atoms with van der Waals surface area (Å²) < 4.78 is 14.1. The Balaban J connectivity index is 1.76. The van der Waals surface area contributed by atoms with Gasteiger partial charge in [-0.3, -0.25) is 4.79 Å². The molecule has 2 aromatic carbocycles. The van der Waals surface area contributed by atoms with Crippen molar-refractivity contribution in [2.75, 3.05) is 11.9 Å². The van der Waals surface area contributed by atoms with Gasteiger partial charge in [-0.05, 0) is 29.8 Å². The molecule has 1 aromatic heterocycles. The Morgan fingerprint density at radius 2 is 1.84 bits per heavy atom. The molecule has 0 fully saturated rings. The van der Waals surface area contributed by atoms with Gasteiger partial charge in [0.15, 0.2) is 0 Å². The predicted molar refractivity (Wildman–Crippen MR) is 94.7 cm³/mol. The molecule has 0 aliphatic rings. The van der Waals surface area contributed by atoms with Gasteiger partial charge in [0.05, 0.1) is 23.7 Å². The second kappa shape index (κ2) is 7.46. The normalized spacial score (nSPS) is 12.0. The van der Waals surface area contributed by atoms with E-state index < -0.39 is 11.7 Å². The molecule has 1 atom stereocenters. The highest BCUT2D eigenvalue weighted by molar-refractivity contribution is 6.32. The van der Waals surface area contributed by atoms with Crippen molar-refractivity contribution in [1.82, 2.24) is 9.78 Å². The fourth-order valence-corrected chi connectivity index (χ4v) is 2.51. The molecule has 3 aromatic rings. The highest BCUT2D eigenvalue weighted by Gasteiger charge is 2.13. The number of aliphatic hydroxyl groups excluding tert-OH is 1. The Bertz CT molecular complexity index is 914. The number of anilines is 1. The van der Waals surface area contributed by atoms with E-state index in [9.17, 15) is 14.3 Å². The first-order chi connectivity index (χ1) is 12.1. The smallest absolute Gasteiger partial charge is 0.292 e. The molecule has 0 aliphatic carbocycles. The van der Waals surface area contributed by atoms with Crippen LogP contribution >= 0.6 is 11.6 Å². The van der Waals surface area contributed by atoms with E-state index >= 15 is 0 Å². The Kier molecular flexibility index (Phi) is 5.11. The van der Waals surface area contributed by atoms with Crippen molar-refractivity contribution < 1.29 is 9.50 Å². The average molecular weight is 360 g/mol. The van der Waals surface area contributed by atoms with Gasteiger partial charge >= 0.3 is 0 Å². The third kappa shape index (κ3) is 3.87. The molecular weight excluding hydrogens is 345 g/mol. The topological polar surface area (TPSA) is 67.2 Å². The van der Waals surface area contributed by atoms with Crippen molar-refractivity contribution in [2.45, 2.75) is 6.10 Å². The number of rotatable bonds is 5. The molecule has 3 rings (SSSR count). The Hall–Kier alpha value is -2.70. The first-order valence-corrected chi connectivity index (χ1v) is 7.94. The molecule has 0 saturated heterocycles. The molecule has 1 heterocycles. The van der Waals surface area contributed by atoms with Gasteiger partial charge in [-0.2, -0.15) is 9.78 Å². The largest absolute Gasteiger partial charge is 0.387 e. The highest BCUT2D eigenvalue weighted by Crippen LogP contribution is 2.19. The van der Waals surface area contributed by atoms with Gasteiger partial charge in [-0.1, -0.05) is 41.9 Å². The summed E-state index contributed by atoms with van der Waals surface area (Å²) in [5, 5.41) is 17.1. The van der Waals surface area contributed by atoms with Crippen LogP contribution in [0.15, 0.2) is 65.6 Å². The van der Waals surface area contributed by atoms with Crippen LogP contribution in [0, 0.1) is 5.82 Å². The summed E-state index contributed by atoms with van der Waals surface area (Å²) in [4.78, 5) is 12.4. The number of nitrogens with zero attached hydrogens (tertiary/aromatic N) is 2. The third-order valence-electron chi connectivity index (χ3n) is 3.66. The van der Waals surface area contributed by atoms with Crippen molar-refractivity contribution in [2.24, 2.45) is 0 Å². The van der Waals surface area contributed by atoms with Crippen LogP contribution in [0.25, 0.3) is 5.69 Å². The minimum atomic E-state index is -0.881. The number of nitrogens with one attached hydrogen (secondary N) is 1. The lowest BCUT2D eigenvalue weighted by Crippen LogP contribution is -2.23. The molecule has 25 heavy (non-hydrogen) atoms. The van der Waals surface area contributed by atoms with Crippen molar-refractivity contribution in [3.63, 3.8) is 0 Å². The van der Waals surface area contributed by atoms with E-state index in [-0.39, 0.29) is 17.4 Å². The molecule has 5 nitrogen and oxygen atoms in total. The number of para-hydroxylation sites is 1. The lowest BCUT2D eigenvalue weighted by molar-refractivity contribution is 0.191. The summed E-state index contributed by atoms with van der Waals surface area (Å²) in [6.45, 7) is 0.0990. The Morgan fingerprint density at radius 1 is 1.16 bits per heavy atom. The second-order valence-corrected chi connectivity index (χ2v) is 5.75. The van der Waals surface area contributed by atoms with Crippen molar-refractivity contribution in [3.8, 4) is 5.69 Å². The van der Waals surface area contributed by atoms with Gasteiger partial charge < -0.3 is 10.4 Å². The van der Waals surface area contributed by atoms with Crippen molar-refractivity contribution in [1.29, 1.82) is 0 Å². The quantitative estimate of drug-likeness (QED) is 0.734. The fraction of sp³-hybridized carbons (Fsp3) is 0.111. The first kappa shape index (κ1) is 17.1. The molecule has 0 amide bonds. The molecule has 0 bridgehead atoms. The molecule has 0 saturated carbocycles. The van der Waals surface area contributed by atoms with E-state index in [1.54, 1.807) is 24.3 Å². The number of benzene rings is 2. The lowest BCUT2D eigenvalue weighted by atomic mass is 10.1. The SMILES string of the molecule is O=c1c(Cl)c(NCC(O)c2ccc(F)cc2)cnn1-c1ccccc1. The molecule has 7 heteroatoms. The number of hydrogen-bond acceptors (Lipinski definition) is 4. The van der Waals surface area contributed by atoms with Crippen LogP contribution in [0.2, 0.25) is 5.02 Å². The minimum Gasteiger partial charge on any atom is -0.387 e. The van der Waals surface area contributed by atoms with Gasteiger partial charge in [0, 0.05) is 6.54 Å². The van der Waals surface area contributed by atoms with Crippen molar-refractivity contribution in [3.05, 3.63) is 87.6 Å². The number of halogens is 2. The molecule has 0 aliphatic heterocycles. The molecular formula is C18H15ClFN3O2. The van der Waals surface area contributed by atoms with Gasteiger partial charge in [0.2, 0.25) is 0 Å². The van der Waals surface area contributed by atoms with Gasteiger partial charge in [0.25, 0.3) is 5.56 Å². The highest BCUT2D eigenvalue weighted by atomic mass is 35.5. The van der Waals surface area contributed by atoms with Crippen LogP contribution in [-0.2, 0) is 0 Å². The van der Waals surface area contributed by atoms with Crippen LogP contribution in [-0.4, -0.2) is 21.4 Å². The summed E-state index contributed by atoms with van der Waals surface area (Å²) in [6, 6.07) is 14.5. The number of aliphatic hydroxyl groups is 1. The summed E-state index contributed by atoms with van der Waals surface area (Å²) in [5.74, 6) is -0.374.